The fraction of sp³-hybridized carbons (Fsp3) is 0.250. The maximum atomic E-state index is 12.7. The second kappa shape index (κ2) is 5.55. The number of Topliss-reactive ketones (excluding diaryl/α,β-unsaturated/α-hetero) is 1. The van der Waals surface area contributed by atoms with Gasteiger partial charge < -0.3 is 19.3 Å². The first-order chi connectivity index (χ1) is 11.9. The van der Waals surface area contributed by atoms with Crippen LogP contribution >= 0.6 is 0 Å². The largest absolute Gasteiger partial charge is 0.506 e. The van der Waals surface area contributed by atoms with Gasteiger partial charge in [-0.1, -0.05) is 6.07 Å². The number of fused-ring (bicyclic) bond motifs is 2. The number of ketones is 1. The van der Waals surface area contributed by atoms with Gasteiger partial charge in [0.05, 0.1) is 11.1 Å². The molecule has 0 saturated carbocycles. The Kier molecular flexibility index (Phi) is 3.46. The SMILES string of the molecule is CC1(C)C=Cc2c(ccc(C(=O)Cc3ccc4c(c3)OCO4)c2O)O1. The molecule has 0 saturated heterocycles. The van der Waals surface area contributed by atoms with E-state index >= 15 is 0 Å². The van der Waals surface area contributed by atoms with Gasteiger partial charge in [-0.15, -0.1) is 0 Å². The van der Waals surface area contributed by atoms with Crippen LogP contribution in [-0.2, 0) is 6.42 Å². The van der Waals surface area contributed by atoms with Crippen molar-refractivity contribution in [3.05, 3.63) is 53.1 Å². The molecule has 1 N–H and O–H groups in total. The van der Waals surface area contributed by atoms with Crippen molar-refractivity contribution >= 4 is 11.9 Å². The molecular formula is C20H18O5. The van der Waals surface area contributed by atoms with Gasteiger partial charge >= 0.3 is 0 Å². The highest BCUT2D eigenvalue weighted by atomic mass is 16.7. The molecule has 0 atom stereocenters. The number of benzene rings is 2. The molecule has 2 aliphatic heterocycles. The number of hydrogen-bond acceptors (Lipinski definition) is 5. The Morgan fingerprint density at radius 1 is 1.12 bits per heavy atom. The van der Waals surface area contributed by atoms with E-state index in [1.807, 2.05) is 26.0 Å². The van der Waals surface area contributed by atoms with Crippen LogP contribution in [0.1, 0.15) is 35.3 Å². The standard InChI is InChI=1S/C20H18O5/c1-20(2)8-7-14-16(25-20)6-4-13(19(14)22)15(21)9-12-3-5-17-18(10-12)24-11-23-17/h3-8,10,22H,9,11H2,1-2H3. The molecule has 2 heterocycles. The minimum absolute atomic E-state index is 0.0463. The second-order valence-electron chi connectivity index (χ2n) is 6.70. The molecule has 0 spiro atoms. The Hall–Kier alpha value is -2.95. The molecular weight excluding hydrogens is 320 g/mol. The third-order valence-corrected chi connectivity index (χ3v) is 4.30. The maximum Gasteiger partial charge on any atom is 0.231 e. The van der Waals surface area contributed by atoms with E-state index in [2.05, 4.69) is 0 Å². The summed E-state index contributed by atoms with van der Waals surface area (Å²) in [4.78, 5) is 12.7. The molecule has 0 aromatic heterocycles. The number of carbonyl (C=O) groups excluding carboxylic acids is 1. The lowest BCUT2D eigenvalue weighted by molar-refractivity contribution is 0.0990. The zero-order valence-corrected chi connectivity index (χ0v) is 14.0. The normalized spacial score (nSPS) is 16.2. The van der Waals surface area contributed by atoms with Crippen molar-refractivity contribution in [3.63, 3.8) is 0 Å². The summed E-state index contributed by atoms with van der Waals surface area (Å²) in [6.07, 6.45) is 3.83. The van der Waals surface area contributed by atoms with Crippen molar-refractivity contribution in [1.29, 1.82) is 0 Å². The molecule has 0 aliphatic carbocycles. The molecule has 128 valence electrons. The van der Waals surface area contributed by atoms with Gasteiger partial charge in [0.2, 0.25) is 6.79 Å². The molecule has 5 heteroatoms. The molecule has 2 aliphatic rings. The summed E-state index contributed by atoms with van der Waals surface area (Å²) < 4.78 is 16.4. The number of aromatic hydroxyl groups is 1. The third kappa shape index (κ3) is 2.82. The van der Waals surface area contributed by atoms with Crippen LogP contribution in [0.3, 0.4) is 0 Å². The highest BCUT2D eigenvalue weighted by Gasteiger charge is 2.26. The number of phenols is 1. The predicted octanol–water partition coefficient (Wildman–Crippen LogP) is 3.73. The number of phenolic OH excluding ortho intramolecular Hbond substituents is 1. The van der Waals surface area contributed by atoms with Crippen molar-refractivity contribution in [2.24, 2.45) is 0 Å². The van der Waals surface area contributed by atoms with E-state index in [1.165, 1.54) is 0 Å². The van der Waals surface area contributed by atoms with Crippen LogP contribution in [0.25, 0.3) is 6.08 Å². The lowest BCUT2D eigenvalue weighted by Gasteiger charge is -2.28. The fourth-order valence-corrected chi connectivity index (χ4v) is 3.00. The van der Waals surface area contributed by atoms with Gasteiger partial charge in [0.15, 0.2) is 17.3 Å². The van der Waals surface area contributed by atoms with Crippen molar-refractivity contribution in [2.75, 3.05) is 6.79 Å². The van der Waals surface area contributed by atoms with Gasteiger partial charge in [-0.25, -0.2) is 0 Å². The van der Waals surface area contributed by atoms with E-state index in [1.54, 1.807) is 30.3 Å². The Balaban J connectivity index is 1.61. The minimum atomic E-state index is -0.433. The number of carbonyl (C=O) groups is 1. The second-order valence-corrected chi connectivity index (χ2v) is 6.70. The summed E-state index contributed by atoms with van der Waals surface area (Å²) in [6, 6.07) is 8.75. The van der Waals surface area contributed by atoms with E-state index in [0.29, 0.717) is 22.8 Å². The van der Waals surface area contributed by atoms with Crippen molar-refractivity contribution in [1.82, 2.24) is 0 Å². The summed E-state index contributed by atoms with van der Waals surface area (Å²) >= 11 is 0. The summed E-state index contributed by atoms with van der Waals surface area (Å²) in [7, 11) is 0. The van der Waals surface area contributed by atoms with E-state index in [9.17, 15) is 9.90 Å². The van der Waals surface area contributed by atoms with Crippen LogP contribution in [0.2, 0.25) is 0 Å². The van der Waals surface area contributed by atoms with Crippen LogP contribution in [0.4, 0.5) is 0 Å². The van der Waals surface area contributed by atoms with E-state index < -0.39 is 5.60 Å². The Labute approximate surface area is 145 Å². The number of rotatable bonds is 3. The van der Waals surface area contributed by atoms with Gasteiger partial charge in [-0.2, -0.15) is 0 Å². The highest BCUT2D eigenvalue weighted by molar-refractivity contribution is 6.01. The maximum absolute atomic E-state index is 12.7. The summed E-state index contributed by atoms with van der Waals surface area (Å²) in [5.74, 6) is 1.67. The minimum Gasteiger partial charge on any atom is -0.506 e. The van der Waals surface area contributed by atoms with E-state index in [0.717, 1.165) is 5.56 Å². The Morgan fingerprint density at radius 3 is 2.72 bits per heavy atom. The Bertz CT molecular complexity index is 895. The first-order valence-electron chi connectivity index (χ1n) is 8.09. The zero-order valence-electron chi connectivity index (χ0n) is 14.0. The van der Waals surface area contributed by atoms with Gasteiger partial charge in [0, 0.05) is 6.42 Å². The molecule has 0 bridgehead atoms. The Morgan fingerprint density at radius 2 is 1.88 bits per heavy atom. The summed E-state index contributed by atoms with van der Waals surface area (Å²) in [5, 5.41) is 10.5. The van der Waals surface area contributed by atoms with Gasteiger partial charge in [-0.3, -0.25) is 4.79 Å². The molecule has 4 rings (SSSR count). The van der Waals surface area contributed by atoms with Gasteiger partial charge in [0.1, 0.15) is 17.1 Å². The lowest BCUT2D eigenvalue weighted by Crippen LogP contribution is -2.27. The van der Waals surface area contributed by atoms with Gasteiger partial charge in [0.25, 0.3) is 0 Å². The van der Waals surface area contributed by atoms with E-state index in [4.69, 9.17) is 14.2 Å². The van der Waals surface area contributed by atoms with Crippen LogP contribution in [0.5, 0.6) is 23.0 Å². The molecule has 2 aromatic rings. The van der Waals surface area contributed by atoms with Crippen LogP contribution in [0, 0.1) is 0 Å². The number of hydrogen-bond donors (Lipinski definition) is 1. The molecule has 0 radical (unpaired) electrons. The van der Waals surface area contributed by atoms with Gasteiger partial charge in [-0.05, 0) is 55.8 Å². The summed E-state index contributed by atoms with van der Waals surface area (Å²) in [5.41, 5.74) is 1.19. The van der Waals surface area contributed by atoms with E-state index in [-0.39, 0.29) is 30.3 Å². The summed E-state index contributed by atoms with van der Waals surface area (Å²) in [6.45, 7) is 4.06. The molecule has 5 nitrogen and oxygen atoms in total. The highest BCUT2D eigenvalue weighted by Crippen LogP contribution is 2.39. The molecule has 0 unspecified atom stereocenters. The van der Waals surface area contributed by atoms with Crippen LogP contribution < -0.4 is 14.2 Å². The van der Waals surface area contributed by atoms with Crippen LogP contribution in [-0.4, -0.2) is 23.3 Å². The quantitative estimate of drug-likeness (QED) is 0.864. The predicted molar refractivity (Wildman–Crippen MR) is 92.4 cm³/mol. The third-order valence-electron chi connectivity index (χ3n) is 4.30. The van der Waals surface area contributed by atoms with Crippen molar-refractivity contribution < 1.29 is 24.1 Å². The number of ether oxygens (including phenoxy) is 3. The fourth-order valence-electron chi connectivity index (χ4n) is 3.00. The van der Waals surface area contributed by atoms with Crippen molar-refractivity contribution in [2.45, 2.75) is 25.9 Å². The monoisotopic (exact) mass is 338 g/mol. The molecule has 25 heavy (non-hydrogen) atoms. The smallest absolute Gasteiger partial charge is 0.231 e. The average molecular weight is 338 g/mol. The average Bonchev–Trinajstić information content (AvgIpc) is 3.01. The first-order valence-corrected chi connectivity index (χ1v) is 8.09. The molecule has 0 fully saturated rings. The molecule has 2 aromatic carbocycles. The van der Waals surface area contributed by atoms with Crippen molar-refractivity contribution in [3.8, 4) is 23.0 Å². The zero-order chi connectivity index (χ0) is 17.6. The first kappa shape index (κ1) is 15.6. The molecule has 0 amide bonds. The van der Waals surface area contributed by atoms with Crippen LogP contribution in [0.15, 0.2) is 36.4 Å². The lowest BCUT2D eigenvalue weighted by atomic mass is 9.96. The topological polar surface area (TPSA) is 65.0 Å².